The molecule has 2 N–H and O–H groups in total. The first-order chi connectivity index (χ1) is 5.29. The number of hydrogen-bond acceptors (Lipinski definition) is 4. The third-order valence-corrected chi connectivity index (χ3v) is 3.65. The maximum Gasteiger partial charge on any atom is 0.204 e. The molecule has 0 unspecified atom stereocenters. The molecule has 1 aromatic rings. The summed E-state index contributed by atoms with van der Waals surface area (Å²) in [5.74, 6) is 0.420. The Morgan fingerprint density at radius 1 is 1.64 bits per heavy atom. The van der Waals surface area contributed by atoms with Crippen LogP contribution in [0.3, 0.4) is 0 Å². The summed E-state index contributed by atoms with van der Waals surface area (Å²) in [6, 6.07) is 0. The number of anilines is 1. The molecular formula is C5H3BrIN3O. The van der Waals surface area contributed by atoms with E-state index in [9.17, 15) is 0 Å². The molecule has 1 aliphatic heterocycles. The van der Waals surface area contributed by atoms with E-state index in [-0.39, 0.29) is 20.7 Å². The number of halogens is 2. The average Bonchev–Trinajstić information content (AvgIpc) is 2.34. The van der Waals surface area contributed by atoms with Crippen LogP contribution < -0.4 is 5.73 Å². The molecule has 2 heterocycles. The number of nitrogens with zero attached hydrogens (tertiary/aromatic N) is 2. The summed E-state index contributed by atoms with van der Waals surface area (Å²) >= 11 is 3.01. The second kappa shape index (κ2) is 2.67. The van der Waals surface area contributed by atoms with Crippen LogP contribution in [0.1, 0.15) is 5.56 Å². The van der Waals surface area contributed by atoms with E-state index in [0.29, 0.717) is 5.82 Å². The number of nitrogen functional groups attached to an aromatic ring is 1. The minimum atomic E-state index is -0.263. The Kier molecular flexibility index (Phi) is 1.80. The van der Waals surface area contributed by atoms with Crippen molar-refractivity contribution in [3.05, 3.63) is 9.33 Å². The van der Waals surface area contributed by atoms with Crippen molar-refractivity contribution < 1.29 is 4.52 Å². The van der Waals surface area contributed by atoms with Gasteiger partial charge in [-0.05, 0) is 36.7 Å². The van der Waals surface area contributed by atoms with E-state index in [1.54, 1.807) is 0 Å². The molecule has 6 heteroatoms. The lowest BCUT2D eigenvalue weighted by atomic mass is 10.4. The maximum atomic E-state index is 5.54. The molecule has 0 saturated heterocycles. The predicted octanol–water partition coefficient (Wildman–Crippen LogP) is 1.31. The fourth-order valence-electron chi connectivity index (χ4n) is 0.719. The van der Waals surface area contributed by atoms with Gasteiger partial charge < -0.3 is 10.3 Å². The van der Waals surface area contributed by atoms with Crippen molar-refractivity contribution >= 4 is 51.2 Å². The van der Waals surface area contributed by atoms with Gasteiger partial charge in [-0.1, -0.05) is 5.16 Å². The fraction of sp³-hybridized carbons (Fsp3) is 0. The van der Waals surface area contributed by atoms with Crippen molar-refractivity contribution in [2.45, 2.75) is 0 Å². The number of rotatable bonds is 0. The van der Waals surface area contributed by atoms with Crippen LogP contribution in [0.5, 0.6) is 0 Å². The van der Waals surface area contributed by atoms with Gasteiger partial charge in [0.1, 0.15) is 10.2 Å². The van der Waals surface area contributed by atoms with Crippen molar-refractivity contribution in [2.24, 2.45) is 4.99 Å². The summed E-state index contributed by atoms with van der Waals surface area (Å²) in [5, 5.41) is 3.65. The van der Waals surface area contributed by atoms with Crippen LogP contribution in [-0.4, -0.2) is 13.9 Å². The SMILES string of the molecule is Nc1noc2c1C(Br)=NC=I2. The first-order valence-electron chi connectivity index (χ1n) is 2.73. The summed E-state index contributed by atoms with van der Waals surface area (Å²) in [6.45, 7) is 0. The largest absolute Gasteiger partial charge is 0.380 e. The number of hydrogen-bond donors (Lipinski definition) is 1. The topological polar surface area (TPSA) is 64.4 Å². The van der Waals surface area contributed by atoms with Gasteiger partial charge in [0.25, 0.3) is 0 Å². The van der Waals surface area contributed by atoms with Crippen molar-refractivity contribution in [3.8, 4) is 0 Å². The molecule has 4 nitrogen and oxygen atoms in total. The van der Waals surface area contributed by atoms with Crippen LogP contribution >= 0.6 is 36.7 Å². The maximum absolute atomic E-state index is 5.54. The number of aliphatic imine (C=N–C) groups is 1. The third kappa shape index (κ3) is 1.13. The molecule has 0 fully saturated rings. The first-order valence-corrected chi connectivity index (χ1v) is 5.84. The molecule has 0 saturated carbocycles. The molecule has 0 aromatic carbocycles. The molecule has 0 bridgehead atoms. The summed E-state index contributed by atoms with van der Waals surface area (Å²) in [5.41, 5.74) is 6.37. The second-order valence-electron chi connectivity index (χ2n) is 1.84. The Hall–Kier alpha value is -0.240. The number of aromatic nitrogens is 1. The van der Waals surface area contributed by atoms with Gasteiger partial charge in [-0.3, -0.25) is 0 Å². The van der Waals surface area contributed by atoms with Gasteiger partial charge in [-0.25, -0.2) is 4.99 Å². The Bertz CT molecular complexity index is 357. The van der Waals surface area contributed by atoms with Crippen molar-refractivity contribution in [2.75, 3.05) is 5.73 Å². The lowest BCUT2D eigenvalue weighted by molar-refractivity contribution is 0.400. The Balaban J connectivity index is 2.71. The Labute approximate surface area is 80.7 Å². The summed E-state index contributed by atoms with van der Waals surface area (Å²) in [7, 11) is 0. The number of fused-ring (bicyclic) bond motifs is 1. The van der Waals surface area contributed by atoms with Crippen LogP contribution in [-0.2, 0) is 0 Å². The highest BCUT2D eigenvalue weighted by Gasteiger charge is 2.17. The van der Waals surface area contributed by atoms with Crippen molar-refractivity contribution in [1.82, 2.24) is 5.16 Å². The average molecular weight is 328 g/mol. The molecule has 1 aliphatic rings. The smallest absolute Gasteiger partial charge is 0.204 e. The minimum absolute atomic E-state index is 0.263. The van der Waals surface area contributed by atoms with Crippen LogP contribution in [0.15, 0.2) is 9.52 Å². The lowest BCUT2D eigenvalue weighted by Crippen LogP contribution is -1.99. The van der Waals surface area contributed by atoms with E-state index in [2.05, 4.69) is 26.1 Å². The standard InChI is InChI=1S/C5H3BrIN3O/c6-3-2-4(7-1-9-3)11-10-5(2)8/h1H,(H2,8,10). The van der Waals surface area contributed by atoms with E-state index in [1.165, 1.54) is 0 Å². The van der Waals surface area contributed by atoms with Gasteiger partial charge >= 0.3 is 0 Å². The lowest BCUT2D eigenvalue weighted by Gasteiger charge is -1.97. The normalized spacial score (nSPS) is 15.2. The van der Waals surface area contributed by atoms with E-state index in [1.807, 2.05) is 4.14 Å². The van der Waals surface area contributed by atoms with Crippen LogP contribution in [0.25, 0.3) is 0 Å². The molecule has 0 spiro atoms. The molecule has 58 valence electrons. The van der Waals surface area contributed by atoms with Gasteiger partial charge in [0.15, 0.2) is 5.82 Å². The zero-order valence-corrected chi connectivity index (χ0v) is 8.96. The van der Waals surface area contributed by atoms with Gasteiger partial charge in [0, 0.05) is 0 Å². The minimum Gasteiger partial charge on any atom is -0.380 e. The Morgan fingerprint density at radius 3 is 3.18 bits per heavy atom. The second-order valence-corrected chi connectivity index (χ2v) is 4.75. The molecule has 0 atom stereocenters. The molecular weight excluding hydrogens is 325 g/mol. The van der Waals surface area contributed by atoms with Crippen molar-refractivity contribution in [3.63, 3.8) is 0 Å². The van der Waals surface area contributed by atoms with Gasteiger partial charge in [0.2, 0.25) is 3.77 Å². The van der Waals surface area contributed by atoms with Gasteiger partial charge in [-0.2, -0.15) is 0 Å². The zero-order chi connectivity index (χ0) is 7.84. The molecule has 0 amide bonds. The monoisotopic (exact) mass is 327 g/mol. The number of nitrogens with two attached hydrogens (primary N) is 1. The quantitative estimate of drug-likeness (QED) is 0.731. The van der Waals surface area contributed by atoms with E-state index in [4.69, 9.17) is 10.3 Å². The molecule has 0 aliphatic carbocycles. The van der Waals surface area contributed by atoms with E-state index < -0.39 is 0 Å². The van der Waals surface area contributed by atoms with Crippen LogP contribution in [0, 0.1) is 3.77 Å². The highest BCUT2D eigenvalue weighted by atomic mass is 127. The molecule has 0 radical (unpaired) electrons. The first kappa shape index (κ1) is 7.41. The third-order valence-electron chi connectivity index (χ3n) is 1.19. The van der Waals surface area contributed by atoms with Gasteiger partial charge in [0.05, 0.1) is 4.14 Å². The fourth-order valence-corrected chi connectivity index (χ4v) is 3.68. The van der Waals surface area contributed by atoms with Crippen molar-refractivity contribution in [1.29, 1.82) is 0 Å². The summed E-state index contributed by atoms with van der Waals surface area (Å²) in [4.78, 5) is 4.08. The van der Waals surface area contributed by atoms with Crippen LogP contribution in [0.2, 0.25) is 0 Å². The van der Waals surface area contributed by atoms with Gasteiger partial charge in [-0.15, -0.1) is 0 Å². The molecule has 1 aromatic heterocycles. The molecule has 11 heavy (non-hydrogen) atoms. The predicted molar refractivity (Wildman–Crippen MR) is 55.2 cm³/mol. The summed E-state index contributed by atoms with van der Waals surface area (Å²) in [6.07, 6.45) is 0. The highest BCUT2D eigenvalue weighted by Crippen LogP contribution is 2.27. The van der Waals surface area contributed by atoms with Crippen LogP contribution in [0.4, 0.5) is 5.82 Å². The summed E-state index contributed by atoms with van der Waals surface area (Å²) < 4.78 is 8.44. The molecule has 2 rings (SSSR count). The Morgan fingerprint density at radius 2 is 2.45 bits per heavy atom. The van der Waals surface area contributed by atoms with E-state index >= 15 is 0 Å². The zero-order valence-electron chi connectivity index (χ0n) is 5.21. The van der Waals surface area contributed by atoms with E-state index in [0.717, 1.165) is 14.0 Å². The highest BCUT2D eigenvalue weighted by molar-refractivity contribution is 14.2.